The van der Waals surface area contributed by atoms with Crippen LogP contribution in [0.15, 0.2) is 29.2 Å². The summed E-state index contributed by atoms with van der Waals surface area (Å²) in [6.07, 6.45) is 1.83. The fraction of sp³-hybridized carbons (Fsp3) is 0.273. The van der Waals surface area contributed by atoms with E-state index in [9.17, 15) is 0 Å². The molecule has 17 heavy (non-hydrogen) atoms. The van der Waals surface area contributed by atoms with Crippen LogP contribution < -0.4 is 11.3 Å². The third kappa shape index (κ3) is 3.48. The Morgan fingerprint density at radius 1 is 1.35 bits per heavy atom. The van der Waals surface area contributed by atoms with Crippen LogP contribution in [0, 0.1) is 0 Å². The molecule has 90 valence electrons. The van der Waals surface area contributed by atoms with Gasteiger partial charge in [0.25, 0.3) is 0 Å². The van der Waals surface area contributed by atoms with Crippen LogP contribution >= 0.6 is 11.3 Å². The van der Waals surface area contributed by atoms with Gasteiger partial charge in [-0.25, -0.2) is 15.8 Å². The molecule has 0 saturated heterocycles. The highest BCUT2D eigenvalue weighted by atomic mass is 32.1. The van der Waals surface area contributed by atoms with Crippen LogP contribution in [-0.4, -0.2) is 21.9 Å². The van der Waals surface area contributed by atoms with Crippen molar-refractivity contribution < 1.29 is 0 Å². The zero-order chi connectivity index (χ0) is 12.1. The molecule has 5 nitrogen and oxygen atoms in total. The number of nitrogens with one attached hydrogen (secondary N) is 1. The Morgan fingerprint density at radius 2 is 2.24 bits per heavy atom. The summed E-state index contributed by atoms with van der Waals surface area (Å²) in [4.78, 5) is 10.6. The molecule has 0 aliphatic carbocycles. The molecule has 0 bridgehead atoms. The maximum Gasteiger partial charge on any atom is 0.139 e. The number of thiazole rings is 1. The molecule has 2 aromatic heterocycles. The van der Waals surface area contributed by atoms with E-state index in [4.69, 9.17) is 5.84 Å². The van der Waals surface area contributed by atoms with Gasteiger partial charge >= 0.3 is 0 Å². The van der Waals surface area contributed by atoms with E-state index in [2.05, 4.69) is 32.7 Å². The number of hydrogen-bond acceptors (Lipinski definition) is 6. The second-order valence-electron chi connectivity index (χ2n) is 3.85. The normalized spacial score (nSPS) is 10.8. The monoisotopic (exact) mass is 249 g/mol. The molecule has 3 N–H and O–H groups in total. The molecular weight excluding hydrogens is 234 g/mol. The van der Waals surface area contributed by atoms with E-state index in [-0.39, 0.29) is 0 Å². The maximum absolute atomic E-state index is 5.26. The van der Waals surface area contributed by atoms with Crippen LogP contribution in [-0.2, 0) is 13.1 Å². The molecule has 2 heterocycles. The average molecular weight is 249 g/mol. The van der Waals surface area contributed by atoms with Gasteiger partial charge in [-0.05, 0) is 18.7 Å². The summed E-state index contributed by atoms with van der Waals surface area (Å²) >= 11 is 1.62. The van der Waals surface area contributed by atoms with Crippen LogP contribution in [0.4, 0.5) is 5.82 Å². The van der Waals surface area contributed by atoms with Crippen LogP contribution in [0.2, 0.25) is 0 Å². The number of rotatable bonds is 5. The molecule has 0 aliphatic rings. The summed E-state index contributed by atoms with van der Waals surface area (Å²) in [7, 11) is 2.06. The third-order valence-corrected chi connectivity index (χ3v) is 2.98. The Balaban J connectivity index is 1.91. The minimum absolute atomic E-state index is 0.677. The summed E-state index contributed by atoms with van der Waals surface area (Å²) in [5.74, 6) is 5.94. The first-order valence-corrected chi connectivity index (χ1v) is 6.19. The molecule has 0 aromatic carbocycles. The van der Waals surface area contributed by atoms with Crippen LogP contribution in [0.25, 0.3) is 0 Å². The number of anilines is 1. The average Bonchev–Trinajstić information content (AvgIpc) is 2.82. The van der Waals surface area contributed by atoms with E-state index < -0.39 is 0 Å². The first-order chi connectivity index (χ1) is 8.28. The quantitative estimate of drug-likeness (QED) is 0.620. The Morgan fingerprint density at radius 3 is 2.82 bits per heavy atom. The number of hydrazine groups is 1. The Hall–Kier alpha value is -1.50. The van der Waals surface area contributed by atoms with Crippen molar-refractivity contribution in [2.75, 3.05) is 12.5 Å². The fourth-order valence-electron chi connectivity index (χ4n) is 1.56. The third-order valence-electron chi connectivity index (χ3n) is 2.34. The van der Waals surface area contributed by atoms with Crippen molar-refractivity contribution >= 4 is 17.2 Å². The highest BCUT2D eigenvalue weighted by molar-refractivity contribution is 7.07. The predicted octanol–water partition coefficient (Wildman–Crippen LogP) is 1.46. The number of hydrogen-bond donors (Lipinski definition) is 2. The SMILES string of the molecule is CN(Cc1ccc(NN)nc1)Cc1cscn1. The molecule has 0 atom stereocenters. The van der Waals surface area contributed by atoms with Crippen LogP contribution in [0.1, 0.15) is 11.3 Å². The van der Waals surface area contributed by atoms with Gasteiger partial charge in [-0.2, -0.15) is 0 Å². The standard InChI is InChI=1S/C11H15N5S/c1-16(6-10-7-17-8-14-10)5-9-2-3-11(15-12)13-4-9/h2-4,7-8H,5-6,12H2,1H3,(H,13,15). The zero-order valence-corrected chi connectivity index (χ0v) is 10.4. The van der Waals surface area contributed by atoms with Gasteiger partial charge in [0.15, 0.2) is 0 Å². The van der Waals surface area contributed by atoms with E-state index in [1.54, 1.807) is 11.3 Å². The molecule has 2 aromatic rings. The fourth-order valence-corrected chi connectivity index (χ4v) is 2.11. The van der Waals surface area contributed by atoms with Crippen molar-refractivity contribution in [3.05, 3.63) is 40.5 Å². The van der Waals surface area contributed by atoms with Gasteiger partial charge in [-0.3, -0.25) is 4.90 Å². The highest BCUT2D eigenvalue weighted by Gasteiger charge is 2.03. The second kappa shape index (κ2) is 5.72. The summed E-state index contributed by atoms with van der Waals surface area (Å²) in [5, 5.41) is 2.07. The van der Waals surface area contributed by atoms with E-state index in [0.717, 1.165) is 24.3 Å². The van der Waals surface area contributed by atoms with Crippen molar-refractivity contribution in [3.8, 4) is 0 Å². The lowest BCUT2D eigenvalue weighted by molar-refractivity contribution is 0.315. The molecule has 0 fully saturated rings. The molecule has 0 spiro atoms. The smallest absolute Gasteiger partial charge is 0.139 e. The topological polar surface area (TPSA) is 67.1 Å². The van der Waals surface area contributed by atoms with Crippen molar-refractivity contribution in [2.45, 2.75) is 13.1 Å². The lowest BCUT2D eigenvalue weighted by atomic mass is 10.2. The first kappa shape index (κ1) is 12.0. The highest BCUT2D eigenvalue weighted by Crippen LogP contribution is 2.09. The van der Waals surface area contributed by atoms with Gasteiger partial charge in [0, 0.05) is 24.7 Å². The molecule has 0 aliphatic heterocycles. The van der Waals surface area contributed by atoms with Crippen LogP contribution in [0.5, 0.6) is 0 Å². The largest absolute Gasteiger partial charge is 0.308 e. The lowest BCUT2D eigenvalue weighted by Crippen LogP contribution is -2.17. The zero-order valence-electron chi connectivity index (χ0n) is 9.63. The summed E-state index contributed by atoms with van der Waals surface area (Å²) in [6.45, 7) is 1.69. The van der Waals surface area contributed by atoms with E-state index in [1.807, 2.05) is 23.8 Å². The molecule has 0 unspecified atom stereocenters. The number of aromatic nitrogens is 2. The van der Waals surface area contributed by atoms with Gasteiger partial charge in [-0.1, -0.05) is 6.07 Å². The molecule has 0 radical (unpaired) electrons. The number of nitrogens with two attached hydrogens (primary N) is 1. The summed E-state index contributed by atoms with van der Waals surface area (Å²) in [6, 6.07) is 3.88. The minimum Gasteiger partial charge on any atom is -0.308 e. The van der Waals surface area contributed by atoms with Crippen molar-refractivity contribution in [1.29, 1.82) is 0 Å². The summed E-state index contributed by atoms with van der Waals surface area (Å²) in [5.41, 5.74) is 6.62. The predicted molar refractivity (Wildman–Crippen MR) is 69.3 cm³/mol. The van der Waals surface area contributed by atoms with E-state index >= 15 is 0 Å². The molecule has 0 saturated carbocycles. The van der Waals surface area contributed by atoms with Gasteiger partial charge in [-0.15, -0.1) is 11.3 Å². The Labute approximate surface area is 104 Å². The summed E-state index contributed by atoms with van der Waals surface area (Å²) < 4.78 is 0. The van der Waals surface area contributed by atoms with Crippen molar-refractivity contribution in [2.24, 2.45) is 5.84 Å². The van der Waals surface area contributed by atoms with Gasteiger partial charge in [0.05, 0.1) is 11.2 Å². The van der Waals surface area contributed by atoms with E-state index in [0.29, 0.717) is 5.82 Å². The van der Waals surface area contributed by atoms with Crippen molar-refractivity contribution in [3.63, 3.8) is 0 Å². The Kier molecular flexibility index (Phi) is 4.03. The first-order valence-electron chi connectivity index (χ1n) is 5.25. The molecule has 6 heteroatoms. The van der Waals surface area contributed by atoms with Gasteiger partial charge < -0.3 is 5.43 Å². The lowest BCUT2D eigenvalue weighted by Gasteiger charge is -2.15. The molecule has 2 rings (SSSR count). The van der Waals surface area contributed by atoms with E-state index in [1.165, 1.54) is 0 Å². The second-order valence-corrected chi connectivity index (χ2v) is 4.57. The van der Waals surface area contributed by atoms with Gasteiger partial charge in [0.1, 0.15) is 5.82 Å². The van der Waals surface area contributed by atoms with Gasteiger partial charge in [0.2, 0.25) is 0 Å². The maximum atomic E-state index is 5.26. The number of pyridine rings is 1. The number of nitrogens with zero attached hydrogens (tertiary/aromatic N) is 3. The van der Waals surface area contributed by atoms with Crippen LogP contribution in [0.3, 0.4) is 0 Å². The van der Waals surface area contributed by atoms with Crippen molar-refractivity contribution in [1.82, 2.24) is 14.9 Å². The molecule has 0 amide bonds. The number of nitrogen functional groups attached to an aromatic ring is 1. The Bertz CT molecular complexity index is 439. The minimum atomic E-state index is 0.677. The molecular formula is C11H15N5S.